The molecule has 0 radical (unpaired) electrons. The number of carbonyl (C=O) groups excluding carboxylic acids is 1. The summed E-state index contributed by atoms with van der Waals surface area (Å²) in [5, 5.41) is 7.69. The molecule has 7 heteroatoms. The van der Waals surface area contributed by atoms with Gasteiger partial charge in [-0.2, -0.15) is 0 Å². The van der Waals surface area contributed by atoms with E-state index in [2.05, 4.69) is 15.6 Å². The third kappa shape index (κ3) is 4.09. The van der Waals surface area contributed by atoms with Crippen LogP contribution in [0, 0.1) is 0 Å². The number of rotatable bonds is 3. The van der Waals surface area contributed by atoms with Gasteiger partial charge in [0.1, 0.15) is 9.88 Å². The first kappa shape index (κ1) is 19.2. The van der Waals surface area contributed by atoms with Crippen molar-refractivity contribution in [2.75, 3.05) is 0 Å². The van der Waals surface area contributed by atoms with E-state index in [4.69, 9.17) is 0 Å². The Bertz CT molecular complexity index is 667. The molecule has 2 aliphatic rings. The van der Waals surface area contributed by atoms with Crippen molar-refractivity contribution in [3.63, 3.8) is 0 Å². The maximum atomic E-state index is 12.4. The lowest BCUT2D eigenvalue weighted by molar-refractivity contribution is 0.0928. The Labute approximate surface area is 158 Å². The molecular weight excluding hydrogens is 365 g/mol. The summed E-state index contributed by atoms with van der Waals surface area (Å²) in [5.41, 5.74) is 1.06. The number of nitrogens with one attached hydrogen (secondary N) is 2. The summed E-state index contributed by atoms with van der Waals surface area (Å²) in [7, 11) is 0. The van der Waals surface area contributed by atoms with Crippen molar-refractivity contribution in [3.05, 3.63) is 41.4 Å². The van der Waals surface area contributed by atoms with Crippen LogP contribution in [0.2, 0.25) is 0 Å². The fraction of sp³-hybridized carbons (Fsp3) is 0.412. The Balaban J connectivity index is 0.00000104. The van der Waals surface area contributed by atoms with E-state index in [1.165, 1.54) is 24.2 Å². The molecule has 1 amide bonds. The first-order valence-electron chi connectivity index (χ1n) is 7.86. The number of thiazole rings is 1. The van der Waals surface area contributed by atoms with Gasteiger partial charge in [-0.15, -0.1) is 36.2 Å². The van der Waals surface area contributed by atoms with E-state index in [0.717, 1.165) is 23.4 Å². The average molecular weight is 386 g/mol. The number of hydrogen-bond acceptors (Lipinski definition) is 4. The van der Waals surface area contributed by atoms with Crippen molar-refractivity contribution in [3.8, 4) is 10.6 Å². The zero-order chi connectivity index (χ0) is 14.9. The van der Waals surface area contributed by atoms with Gasteiger partial charge in [0.2, 0.25) is 0 Å². The van der Waals surface area contributed by atoms with Crippen LogP contribution in [0.4, 0.5) is 0 Å². The summed E-state index contributed by atoms with van der Waals surface area (Å²) in [6.45, 7) is 0. The highest BCUT2D eigenvalue weighted by Gasteiger charge is 2.34. The molecular formula is C17H21Cl2N3OS. The third-order valence-corrected chi connectivity index (χ3v) is 5.60. The largest absolute Gasteiger partial charge is 0.348 e. The predicted octanol–water partition coefficient (Wildman–Crippen LogP) is 3.67. The van der Waals surface area contributed by atoms with Crippen LogP contribution >= 0.6 is 36.2 Å². The van der Waals surface area contributed by atoms with Crippen molar-refractivity contribution in [1.29, 1.82) is 0 Å². The molecule has 3 heterocycles. The Morgan fingerprint density at radius 2 is 1.79 bits per heavy atom. The minimum Gasteiger partial charge on any atom is -0.348 e. The van der Waals surface area contributed by atoms with Gasteiger partial charge in [0.15, 0.2) is 0 Å². The fourth-order valence-corrected chi connectivity index (χ4v) is 4.35. The molecule has 24 heavy (non-hydrogen) atoms. The summed E-state index contributed by atoms with van der Waals surface area (Å²) in [6.07, 6.45) is 6.28. The molecule has 0 aliphatic carbocycles. The van der Waals surface area contributed by atoms with Gasteiger partial charge in [-0.3, -0.25) is 4.79 Å². The molecule has 2 aromatic rings. The average Bonchev–Trinajstić information content (AvgIpc) is 3.15. The first-order chi connectivity index (χ1) is 10.8. The maximum absolute atomic E-state index is 12.4. The summed E-state index contributed by atoms with van der Waals surface area (Å²) in [6, 6.07) is 11.5. The van der Waals surface area contributed by atoms with Gasteiger partial charge in [-0.25, -0.2) is 4.98 Å². The molecule has 2 fully saturated rings. The van der Waals surface area contributed by atoms with Crippen LogP contribution in [0.3, 0.4) is 0 Å². The minimum absolute atomic E-state index is 0. The van der Waals surface area contributed by atoms with Crippen molar-refractivity contribution >= 4 is 42.1 Å². The predicted molar refractivity (Wildman–Crippen MR) is 102 cm³/mol. The number of amides is 1. The van der Waals surface area contributed by atoms with Gasteiger partial charge in [0, 0.05) is 23.7 Å². The van der Waals surface area contributed by atoms with Crippen LogP contribution in [0.25, 0.3) is 10.6 Å². The Morgan fingerprint density at radius 3 is 2.46 bits per heavy atom. The molecule has 4 rings (SSSR count). The molecule has 4 nitrogen and oxygen atoms in total. The van der Waals surface area contributed by atoms with Gasteiger partial charge < -0.3 is 10.6 Å². The van der Waals surface area contributed by atoms with Crippen molar-refractivity contribution < 1.29 is 4.79 Å². The van der Waals surface area contributed by atoms with Crippen molar-refractivity contribution in [1.82, 2.24) is 15.6 Å². The minimum atomic E-state index is 0. The number of fused-ring (bicyclic) bond motifs is 2. The van der Waals surface area contributed by atoms with E-state index >= 15 is 0 Å². The monoisotopic (exact) mass is 385 g/mol. The number of aromatic nitrogens is 1. The third-order valence-electron chi connectivity index (χ3n) is 4.56. The maximum Gasteiger partial charge on any atom is 0.263 e. The highest BCUT2D eigenvalue weighted by Crippen LogP contribution is 2.28. The van der Waals surface area contributed by atoms with Crippen LogP contribution in [0.5, 0.6) is 0 Å². The molecule has 0 saturated carbocycles. The second-order valence-electron chi connectivity index (χ2n) is 6.18. The van der Waals surface area contributed by atoms with Gasteiger partial charge in [-0.1, -0.05) is 30.3 Å². The fourth-order valence-electron chi connectivity index (χ4n) is 3.52. The summed E-state index contributed by atoms with van der Waals surface area (Å²) in [4.78, 5) is 17.5. The highest BCUT2D eigenvalue weighted by atomic mass is 35.5. The van der Waals surface area contributed by atoms with Crippen LogP contribution in [0.1, 0.15) is 35.4 Å². The lowest BCUT2D eigenvalue weighted by Gasteiger charge is -2.29. The number of piperidine rings is 1. The highest BCUT2D eigenvalue weighted by molar-refractivity contribution is 7.16. The molecule has 2 saturated heterocycles. The van der Waals surface area contributed by atoms with Crippen molar-refractivity contribution in [2.45, 2.75) is 43.8 Å². The smallest absolute Gasteiger partial charge is 0.263 e. The second-order valence-corrected chi connectivity index (χ2v) is 7.21. The molecule has 2 bridgehead atoms. The lowest BCUT2D eigenvalue weighted by Crippen LogP contribution is -2.47. The van der Waals surface area contributed by atoms with Gasteiger partial charge >= 0.3 is 0 Å². The number of halogens is 2. The Hall–Kier alpha value is -1.14. The molecule has 2 atom stereocenters. The van der Waals surface area contributed by atoms with Crippen LogP contribution < -0.4 is 10.6 Å². The van der Waals surface area contributed by atoms with Crippen LogP contribution in [-0.4, -0.2) is 29.0 Å². The number of nitrogens with zero attached hydrogens (tertiary/aromatic N) is 1. The molecule has 2 aliphatic heterocycles. The van der Waals surface area contributed by atoms with Crippen LogP contribution in [-0.2, 0) is 0 Å². The van der Waals surface area contributed by atoms with Crippen molar-refractivity contribution in [2.24, 2.45) is 0 Å². The summed E-state index contributed by atoms with van der Waals surface area (Å²) < 4.78 is 0. The molecule has 2 unspecified atom stereocenters. The van der Waals surface area contributed by atoms with Crippen LogP contribution in [0.15, 0.2) is 36.5 Å². The molecule has 1 aromatic carbocycles. The zero-order valence-electron chi connectivity index (χ0n) is 13.1. The lowest BCUT2D eigenvalue weighted by atomic mass is 10.00. The number of benzene rings is 1. The standard InChI is InChI=1S/C17H19N3OS.2ClH/c21-16(20-14-8-12-6-7-13(9-14)19-12)15-10-18-17(22-15)11-4-2-1-3-5-11;;/h1-5,10,12-14,19H,6-9H2,(H,20,21);2*1H. The Morgan fingerprint density at radius 1 is 1.12 bits per heavy atom. The SMILES string of the molecule is Cl.Cl.O=C(NC1CC2CCC(C1)N2)c1cnc(-c2ccccc2)s1. The van der Waals surface area contributed by atoms with Gasteiger partial charge in [0.25, 0.3) is 5.91 Å². The number of hydrogen-bond donors (Lipinski definition) is 2. The summed E-state index contributed by atoms with van der Waals surface area (Å²) in [5.74, 6) is 0.0194. The van der Waals surface area contributed by atoms with E-state index in [9.17, 15) is 4.79 Å². The van der Waals surface area contributed by atoms with E-state index in [0.29, 0.717) is 23.0 Å². The van der Waals surface area contributed by atoms with Gasteiger partial charge in [-0.05, 0) is 25.7 Å². The molecule has 130 valence electrons. The van der Waals surface area contributed by atoms with E-state index < -0.39 is 0 Å². The molecule has 2 N–H and O–H groups in total. The molecule has 0 spiro atoms. The topological polar surface area (TPSA) is 54.0 Å². The number of carbonyl (C=O) groups is 1. The second kappa shape index (κ2) is 8.30. The van der Waals surface area contributed by atoms with E-state index in [1.54, 1.807) is 6.20 Å². The summed E-state index contributed by atoms with van der Waals surface area (Å²) >= 11 is 1.46. The van der Waals surface area contributed by atoms with E-state index in [1.807, 2.05) is 30.3 Å². The molecule has 1 aromatic heterocycles. The van der Waals surface area contributed by atoms with Gasteiger partial charge in [0.05, 0.1) is 6.20 Å². The quantitative estimate of drug-likeness (QED) is 0.847. The first-order valence-corrected chi connectivity index (χ1v) is 8.68. The van der Waals surface area contributed by atoms with E-state index in [-0.39, 0.29) is 30.7 Å². The zero-order valence-corrected chi connectivity index (χ0v) is 15.6. The Kier molecular flexibility index (Phi) is 6.63. The normalized spacial score (nSPS) is 24.6.